The summed E-state index contributed by atoms with van der Waals surface area (Å²) in [7, 11) is 0. The molecular weight excluding hydrogens is 281 g/mol. The van der Waals surface area contributed by atoms with Crippen molar-refractivity contribution in [3.8, 4) is 0 Å². The fourth-order valence-corrected chi connectivity index (χ4v) is 2.23. The molecule has 0 bridgehead atoms. The zero-order valence-electron chi connectivity index (χ0n) is 11.5. The molecule has 112 valence electrons. The third kappa shape index (κ3) is 4.04. The van der Waals surface area contributed by atoms with Gasteiger partial charge >= 0.3 is 6.18 Å². The molecule has 0 amide bonds. The van der Waals surface area contributed by atoms with Crippen LogP contribution >= 0.6 is 0 Å². The molecule has 2 rings (SSSR count). The van der Waals surface area contributed by atoms with E-state index in [4.69, 9.17) is 0 Å². The molecule has 2 nitrogen and oxygen atoms in total. The molecule has 2 aromatic rings. The highest BCUT2D eigenvalue weighted by molar-refractivity contribution is 6.09. The molecule has 0 aliphatic rings. The van der Waals surface area contributed by atoms with Crippen molar-refractivity contribution in [2.24, 2.45) is 0 Å². The Morgan fingerprint density at radius 3 is 2.57 bits per heavy atom. The first-order valence-electron chi connectivity index (χ1n) is 6.54. The molecule has 0 radical (unpaired) electrons. The van der Waals surface area contributed by atoms with Gasteiger partial charge in [-0.05, 0) is 23.3 Å². The number of ether oxygens (including phenoxy) is 1. The van der Waals surface area contributed by atoms with Crippen molar-refractivity contribution in [1.29, 1.82) is 0 Å². The molecule has 0 spiro atoms. The van der Waals surface area contributed by atoms with Crippen molar-refractivity contribution < 1.29 is 22.7 Å². The van der Waals surface area contributed by atoms with Crippen molar-refractivity contribution in [2.75, 3.05) is 13.2 Å². The summed E-state index contributed by atoms with van der Waals surface area (Å²) in [6, 6.07) is 11.2. The first-order chi connectivity index (χ1) is 9.88. The van der Waals surface area contributed by atoms with Crippen molar-refractivity contribution in [3.05, 3.63) is 47.5 Å². The summed E-state index contributed by atoms with van der Waals surface area (Å²) in [5.74, 6) is -0.202. The van der Waals surface area contributed by atoms with E-state index in [0.717, 1.165) is 16.3 Å². The molecule has 0 atom stereocenters. The molecule has 0 N–H and O–H groups in total. The molecule has 0 saturated carbocycles. The number of aryl methyl sites for hydroxylation is 1. The SMILES string of the molecule is Cc1ccc2ccccc2c1C(=O)CCOCC(F)(F)F. The Bertz CT molecular complexity index is 648. The van der Waals surface area contributed by atoms with Gasteiger partial charge in [-0.1, -0.05) is 36.4 Å². The predicted octanol–water partition coefficient (Wildman–Crippen LogP) is 4.30. The Hall–Kier alpha value is -1.88. The highest BCUT2D eigenvalue weighted by atomic mass is 19.4. The minimum absolute atomic E-state index is 0.0646. The zero-order valence-corrected chi connectivity index (χ0v) is 11.5. The number of hydrogen-bond acceptors (Lipinski definition) is 2. The van der Waals surface area contributed by atoms with E-state index in [1.807, 2.05) is 43.3 Å². The summed E-state index contributed by atoms with van der Waals surface area (Å²) in [6.45, 7) is 0.256. The number of benzene rings is 2. The molecule has 21 heavy (non-hydrogen) atoms. The van der Waals surface area contributed by atoms with E-state index < -0.39 is 12.8 Å². The lowest BCUT2D eigenvalue weighted by molar-refractivity contribution is -0.173. The second-order valence-corrected chi connectivity index (χ2v) is 4.82. The second-order valence-electron chi connectivity index (χ2n) is 4.82. The lowest BCUT2D eigenvalue weighted by Crippen LogP contribution is -2.18. The molecule has 0 aliphatic carbocycles. The van der Waals surface area contributed by atoms with Crippen LogP contribution in [0.1, 0.15) is 22.3 Å². The molecule has 2 aromatic carbocycles. The van der Waals surface area contributed by atoms with Crippen LogP contribution in [0.5, 0.6) is 0 Å². The van der Waals surface area contributed by atoms with Crippen molar-refractivity contribution >= 4 is 16.6 Å². The van der Waals surface area contributed by atoms with Crippen LogP contribution in [-0.2, 0) is 4.74 Å². The average Bonchev–Trinajstić information content (AvgIpc) is 2.42. The van der Waals surface area contributed by atoms with E-state index in [9.17, 15) is 18.0 Å². The lowest BCUT2D eigenvalue weighted by atomic mass is 9.95. The van der Waals surface area contributed by atoms with Crippen LogP contribution in [0.25, 0.3) is 10.8 Å². The average molecular weight is 296 g/mol. The summed E-state index contributed by atoms with van der Waals surface area (Å²) in [4.78, 5) is 12.2. The van der Waals surface area contributed by atoms with E-state index in [-0.39, 0.29) is 18.8 Å². The Morgan fingerprint density at radius 1 is 1.14 bits per heavy atom. The number of rotatable bonds is 5. The summed E-state index contributed by atoms with van der Waals surface area (Å²) in [6.07, 6.45) is -4.43. The summed E-state index contributed by atoms with van der Waals surface area (Å²) in [5, 5.41) is 1.75. The van der Waals surface area contributed by atoms with Crippen LogP contribution in [-0.4, -0.2) is 25.2 Å². The molecule has 5 heteroatoms. The van der Waals surface area contributed by atoms with E-state index in [2.05, 4.69) is 4.74 Å². The number of carbonyl (C=O) groups excluding carboxylic acids is 1. The van der Waals surface area contributed by atoms with Gasteiger partial charge in [0.1, 0.15) is 6.61 Å². The summed E-state index contributed by atoms with van der Waals surface area (Å²) in [5.41, 5.74) is 1.37. The van der Waals surface area contributed by atoms with Gasteiger partial charge in [0.25, 0.3) is 0 Å². The number of Topliss-reactive ketones (excluding diaryl/α,β-unsaturated/α-hetero) is 1. The van der Waals surface area contributed by atoms with Gasteiger partial charge in [-0.2, -0.15) is 13.2 Å². The first-order valence-corrected chi connectivity index (χ1v) is 6.54. The van der Waals surface area contributed by atoms with Gasteiger partial charge in [0.15, 0.2) is 5.78 Å². The number of carbonyl (C=O) groups is 1. The standard InChI is InChI=1S/C16H15F3O2/c1-11-6-7-12-4-2-3-5-13(12)15(11)14(20)8-9-21-10-16(17,18)19/h2-7H,8-10H2,1H3. The topological polar surface area (TPSA) is 26.3 Å². The zero-order chi connectivity index (χ0) is 15.5. The van der Waals surface area contributed by atoms with Gasteiger partial charge in [-0.3, -0.25) is 4.79 Å². The fourth-order valence-electron chi connectivity index (χ4n) is 2.23. The van der Waals surface area contributed by atoms with E-state index in [0.29, 0.717) is 5.56 Å². The molecule has 0 fully saturated rings. The lowest BCUT2D eigenvalue weighted by Gasteiger charge is -2.10. The van der Waals surface area contributed by atoms with Gasteiger partial charge < -0.3 is 4.74 Å². The maximum atomic E-state index is 12.2. The normalized spacial score (nSPS) is 11.8. The molecule has 0 heterocycles. The van der Waals surface area contributed by atoms with Crippen LogP contribution in [0.2, 0.25) is 0 Å². The number of ketones is 1. The maximum absolute atomic E-state index is 12.2. The molecule has 0 unspecified atom stereocenters. The minimum Gasteiger partial charge on any atom is -0.372 e. The number of hydrogen-bond donors (Lipinski definition) is 0. The van der Waals surface area contributed by atoms with Crippen LogP contribution < -0.4 is 0 Å². The highest BCUT2D eigenvalue weighted by Crippen LogP contribution is 2.23. The third-order valence-electron chi connectivity index (χ3n) is 3.16. The van der Waals surface area contributed by atoms with Gasteiger partial charge in [0, 0.05) is 12.0 Å². The number of alkyl halides is 3. The van der Waals surface area contributed by atoms with Crippen molar-refractivity contribution in [2.45, 2.75) is 19.5 Å². The molecular formula is C16H15F3O2. The Kier molecular flexibility index (Phi) is 4.63. The fraction of sp³-hybridized carbons (Fsp3) is 0.312. The monoisotopic (exact) mass is 296 g/mol. The molecule has 0 saturated heterocycles. The molecule has 0 aromatic heterocycles. The van der Waals surface area contributed by atoms with Gasteiger partial charge in [0.05, 0.1) is 6.61 Å². The smallest absolute Gasteiger partial charge is 0.372 e. The Morgan fingerprint density at radius 2 is 1.86 bits per heavy atom. The number of fused-ring (bicyclic) bond motifs is 1. The Balaban J connectivity index is 2.11. The van der Waals surface area contributed by atoms with Crippen molar-refractivity contribution in [1.82, 2.24) is 0 Å². The maximum Gasteiger partial charge on any atom is 0.411 e. The van der Waals surface area contributed by atoms with Crippen molar-refractivity contribution in [3.63, 3.8) is 0 Å². The third-order valence-corrected chi connectivity index (χ3v) is 3.16. The second kappa shape index (κ2) is 6.26. The quantitative estimate of drug-likeness (QED) is 0.607. The Labute approximate surface area is 120 Å². The molecule has 0 aliphatic heterocycles. The van der Waals surface area contributed by atoms with Gasteiger partial charge in [-0.15, -0.1) is 0 Å². The minimum atomic E-state index is -4.36. The number of halogens is 3. The van der Waals surface area contributed by atoms with Crippen LogP contribution in [0.4, 0.5) is 13.2 Å². The van der Waals surface area contributed by atoms with Crippen LogP contribution in [0.3, 0.4) is 0 Å². The van der Waals surface area contributed by atoms with Gasteiger partial charge in [-0.25, -0.2) is 0 Å². The van der Waals surface area contributed by atoms with Gasteiger partial charge in [0.2, 0.25) is 0 Å². The largest absolute Gasteiger partial charge is 0.411 e. The van der Waals surface area contributed by atoms with Crippen LogP contribution in [0, 0.1) is 6.92 Å². The summed E-state index contributed by atoms with van der Waals surface area (Å²) >= 11 is 0. The van der Waals surface area contributed by atoms with E-state index in [1.54, 1.807) is 0 Å². The highest BCUT2D eigenvalue weighted by Gasteiger charge is 2.27. The predicted molar refractivity (Wildman–Crippen MR) is 74.5 cm³/mol. The summed E-state index contributed by atoms with van der Waals surface area (Å²) < 4.78 is 40.4. The van der Waals surface area contributed by atoms with Crippen LogP contribution in [0.15, 0.2) is 36.4 Å². The van der Waals surface area contributed by atoms with E-state index in [1.165, 1.54) is 0 Å². The van der Waals surface area contributed by atoms with E-state index >= 15 is 0 Å². The first kappa shape index (κ1) is 15.5.